The first-order valence-corrected chi connectivity index (χ1v) is 5.62. The van der Waals surface area contributed by atoms with Gasteiger partial charge in [0.1, 0.15) is 6.07 Å². The van der Waals surface area contributed by atoms with Crippen LogP contribution in [0, 0.1) is 11.3 Å². The van der Waals surface area contributed by atoms with Gasteiger partial charge >= 0.3 is 0 Å². The molecule has 1 aromatic carbocycles. The first-order chi connectivity index (χ1) is 7.36. The van der Waals surface area contributed by atoms with Gasteiger partial charge in [0.2, 0.25) is 0 Å². The Morgan fingerprint density at radius 2 is 2.13 bits per heavy atom. The zero-order valence-electron chi connectivity index (χ0n) is 9.11. The summed E-state index contributed by atoms with van der Waals surface area (Å²) in [5, 5.41) is 9.06. The topological polar surface area (TPSA) is 27.0 Å². The summed E-state index contributed by atoms with van der Waals surface area (Å²) in [5.74, 6) is 0. The summed E-state index contributed by atoms with van der Waals surface area (Å²) in [5.41, 5.74) is 1.92. The van der Waals surface area contributed by atoms with Crippen molar-refractivity contribution in [1.29, 1.82) is 5.26 Å². The van der Waals surface area contributed by atoms with Crippen molar-refractivity contribution in [3.63, 3.8) is 0 Å². The van der Waals surface area contributed by atoms with Crippen molar-refractivity contribution in [3.8, 4) is 6.07 Å². The van der Waals surface area contributed by atoms with E-state index in [1.165, 1.54) is 12.8 Å². The van der Waals surface area contributed by atoms with Crippen molar-refractivity contribution >= 4 is 5.69 Å². The Morgan fingerprint density at radius 1 is 1.40 bits per heavy atom. The highest BCUT2D eigenvalue weighted by Crippen LogP contribution is 2.33. The van der Waals surface area contributed by atoms with Crippen molar-refractivity contribution in [2.45, 2.75) is 32.2 Å². The van der Waals surface area contributed by atoms with Crippen LogP contribution in [-0.4, -0.2) is 12.6 Å². The molecule has 2 nitrogen and oxygen atoms in total. The van der Waals surface area contributed by atoms with Gasteiger partial charge < -0.3 is 4.90 Å². The molecule has 0 saturated heterocycles. The maximum absolute atomic E-state index is 9.06. The second-order valence-corrected chi connectivity index (χ2v) is 4.05. The fourth-order valence-electron chi connectivity index (χ4n) is 1.95. The van der Waals surface area contributed by atoms with Gasteiger partial charge in [-0.3, -0.25) is 0 Å². The highest BCUT2D eigenvalue weighted by atomic mass is 15.2. The Hall–Kier alpha value is -1.49. The van der Waals surface area contributed by atoms with E-state index in [4.69, 9.17) is 5.26 Å². The maximum atomic E-state index is 9.06. The molecule has 1 aliphatic rings. The Kier molecular flexibility index (Phi) is 2.91. The lowest BCUT2D eigenvalue weighted by Gasteiger charge is -2.24. The fraction of sp³-hybridized carbons (Fsp3) is 0.462. The van der Waals surface area contributed by atoms with E-state index in [-0.39, 0.29) is 0 Å². The molecule has 1 aliphatic carbocycles. The Morgan fingerprint density at radius 3 is 2.73 bits per heavy atom. The largest absolute Gasteiger partial charge is 0.367 e. The fourth-order valence-corrected chi connectivity index (χ4v) is 1.95. The van der Waals surface area contributed by atoms with Crippen molar-refractivity contribution in [1.82, 2.24) is 0 Å². The maximum Gasteiger partial charge on any atom is 0.101 e. The molecule has 1 fully saturated rings. The van der Waals surface area contributed by atoms with Crippen molar-refractivity contribution in [2.75, 3.05) is 11.4 Å². The predicted molar refractivity (Wildman–Crippen MR) is 61.8 cm³/mol. The molecule has 0 radical (unpaired) electrons. The van der Waals surface area contributed by atoms with Crippen LogP contribution in [0.5, 0.6) is 0 Å². The monoisotopic (exact) mass is 200 g/mol. The summed E-state index contributed by atoms with van der Waals surface area (Å²) in [7, 11) is 0. The lowest BCUT2D eigenvalue weighted by atomic mass is 10.1. The van der Waals surface area contributed by atoms with Crippen LogP contribution in [0.25, 0.3) is 0 Å². The average Bonchev–Trinajstić information content (AvgIpc) is 3.10. The molecule has 2 heteroatoms. The van der Waals surface area contributed by atoms with Crippen LogP contribution in [0.4, 0.5) is 5.69 Å². The van der Waals surface area contributed by atoms with Gasteiger partial charge in [0.05, 0.1) is 11.3 Å². The molecule has 15 heavy (non-hydrogen) atoms. The van der Waals surface area contributed by atoms with Crippen LogP contribution < -0.4 is 4.90 Å². The highest BCUT2D eigenvalue weighted by Gasteiger charge is 2.29. The summed E-state index contributed by atoms with van der Waals surface area (Å²) >= 11 is 0. The first-order valence-electron chi connectivity index (χ1n) is 5.62. The zero-order chi connectivity index (χ0) is 10.7. The third-order valence-corrected chi connectivity index (χ3v) is 2.79. The van der Waals surface area contributed by atoms with Gasteiger partial charge in [-0.05, 0) is 31.4 Å². The number of nitrogens with zero attached hydrogens (tertiary/aromatic N) is 2. The summed E-state index contributed by atoms with van der Waals surface area (Å²) in [6.07, 6.45) is 3.69. The number of benzene rings is 1. The number of rotatable bonds is 4. The SMILES string of the molecule is CCCN(c1ccccc1C#N)C1CC1. The molecule has 0 bridgehead atoms. The van der Waals surface area contributed by atoms with Gasteiger partial charge in [0.25, 0.3) is 0 Å². The van der Waals surface area contributed by atoms with E-state index in [1.54, 1.807) is 0 Å². The van der Waals surface area contributed by atoms with Gasteiger partial charge in [-0.15, -0.1) is 0 Å². The Balaban J connectivity index is 2.28. The first kappa shape index (κ1) is 10.0. The van der Waals surface area contributed by atoms with Crippen LogP contribution in [0.15, 0.2) is 24.3 Å². The summed E-state index contributed by atoms with van der Waals surface area (Å²) in [4.78, 5) is 2.39. The van der Waals surface area contributed by atoms with Crippen LogP contribution in [0.2, 0.25) is 0 Å². The Bertz CT molecular complexity index is 374. The third kappa shape index (κ3) is 2.12. The minimum absolute atomic E-state index is 0.680. The molecular weight excluding hydrogens is 184 g/mol. The number of anilines is 1. The predicted octanol–water partition coefficient (Wildman–Crippen LogP) is 2.94. The smallest absolute Gasteiger partial charge is 0.101 e. The number of hydrogen-bond acceptors (Lipinski definition) is 2. The lowest BCUT2D eigenvalue weighted by Crippen LogP contribution is -2.27. The minimum atomic E-state index is 0.680. The second-order valence-electron chi connectivity index (χ2n) is 4.05. The number of hydrogen-bond donors (Lipinski definition) is 0. The van der Waals surface area contributed by atoms with Crippen LogP contribution in [0.3, 0.4) is 0 Å². The summed E-state index contributed by atoms with van der Waals surface area (Å²) in [6, 6.07) is 10.9. The molecule has 0 heterocycles. The van der Waals surface area contributed by atoms with Gasteiger partial charge in [-0.1, -0.05) is 19.1 Å². The van der Waals surface area contributed by atoms with E-state index in [2.05, 4.69) is 24.0 Å². The summed E-state index contributed by atoms with van der Waals surface area (Å²) in [6.45, 7) is 3.24. The van der Waals surface area contributed by atoms with Gasteiger partial charge in [0.15, 0.2) is 0 Å². The van der Waals surface area contributed by atoms with Crippen LogP contribution in [0.1, 0.15) is 31.7 Å². The standard InChI is InChI=1S/C13H16N2/c1-2-9-15(12-7-8-12)13-6-4-3-5-11(13)10-14/h3-6,12H,2,7-9H2,1H3. The molecule has 0 unspecified atom stereocenters. The lowest BCUT2D eigenvalue weighted by molar-refractivity contribution is 0.762. The van der Waals surface area contributed by atoms with E-state index in [9.17, 15) is 0 Å². The molecule has 2 rings (SSSR count). The summed E-state index contributed by atoms with van der Waals surface area (Å²) < 4.78 is 0. The molecule has 0 amide bonds. The Labute approximate surface area is 91.1 Å². The number of para-hydroxylation sites is 1. The van der Waals surface area contributed by atoms with Crippen molar-refractivity contribution in [3.05, 3.63) is 29.8 Å². The van der Waals surface area contributed by atoms with Crippen LogP contribution >= 0.6 is 0 Å². The van der Waals surface area contributed by atoms with E-state index >= 15 is 0 Å². The normalized spacial score (nSPS) is 14.7. The van der Waals surface area contributed by atoms with Crippen LogP contribution in [-0.2, 0) is 0 Å². The molecule has 1 saturated carbocycles. The molecule has 1 aromatic rings. The van der Waals surface area contributed by atoms with Gasteiger partial charge in [-0.2, -0.15) is 5.26 Å². The molecule has 78 valence electrons. The molecule has 0 spiro atoms. The molecule has 0 aliphatic heterocycles. The van der Waals surface area contributed by atoms with Crippen molar-refractivity contribution < 1.29 is 0 Å². The highest BCUT2D eigenvalue weighted by molar-refractivity contribution is 5.60. The second kappa shape index (κ2) is 4.35. The average molecular weight is 200 g/mol. The van der Waals surface area contributed by atoms with E-state index in [0.29, 0.717) is 6.04 Å². The molecule has 0 atom stereocenters. The zero-order valence-corrected chi connectivity index (χ0v) is 9.11. The molecule has 0 aromatic heterocycles. The van der Waals surface area contributed by atoms with Gasteiger partial charge in [0, 0.05) is 12.6 Å². The van der Waals surface area contributed by atoms with Gasteiger partial charge in [-0.25, -0.2) is 0 Å². The van der Waals surface area contributed by atoms with E-state index in [0.717, 1.165) is 24.2 Å². The van der Waals surface area contributed by atoms with E-state index < -0.39 is 0 Å². The van der Waals surface area contributed by atoms with Crippen molar-refractivity contribution in [2.24, 2.45) is 0 Å². The molecular formula is C13H16N2. The number of nitriles is 1. The molecule has 0 N–H and O–H groups in total. The third-order valence-electron chi connectivity index (χ3n) is 2.79. The minimum Gasteiger partial charge on any atom is -0.367 e. The van der Waals surface area contributed by atoms with E-state index in [1.807, 2.05) is 18.2 Å². The quantitative estimate of drug-likeness (QED) is 0.747.